The number of benzene rings is 3. The Labute approximate surface area is 289 Å². The number of nitrogens with zero attached hydrogens (tertiary/aromatic N) is 3. The van der Waals surface area contributed by atoms with Gasteiger partial charge in [0.25, 0.3) is 23.6 Å². The van der Waals surface area contributed by atoms with E-state index in [0.29, 0.717) is 36.3 Å². The third-order valence-electron chi connectivity index (χ3n) is 7.59. The maximum absolute atomic E-state index is 13.6. The number of fused-ring (bicyclic) bond motifs is 1. The Kier molecular flexibility index (Phi) is 14.7. The van der Waals surface area contributed by atoms with Crippen LogP contribution in [-0.2, 0) is 19.1 Å². The van der Waals surface area contributed by atoms with Crippen LogP contribution in [0.5, 0.6) is 0 Å². The van der Waals surface area contributed by atoms with Gasteiger partial charge in [0.2, 0.25) is 5.91 Å². The number of amides is 3. The number of esters is 1. The molecule has 3 rings (SSSR count). The highest BCUT2D eigenvalue weighted by Gasteiger charge is 2.30. The average molecular weight is 687 g/mol. The van der Waals surface area contributed by atoms with Crippen LogP contribution in [-0.4, -0.2) is 73.6 Å². The SMILES string of the molecule is COC(=O)C(CCCN=C(N)N=O)NC(=O)C(CCCCN=C(C)N)NC(=O)C(=O)c1cc(C)ccc1NC(=O)c1ccc2ccccc2c1. The lowest BCUT2D eigenvalue weighted by Crippen LogP contribution is -2.53. The first kappa shape index (κ1) is 38.5. The van der Waals surface area contributed by atoms with Crippen molar-refractivity contribution in [2.45, 2.75) is 58.0 Å². The van der Waals surface area contributed by atoms with Gasteiger partial charge in [0.1, 0.15) is 12.1 Å². The zero-order valence-electron chi connectivity index (χ0n) is 28.2. The second-order valence-corrected chi connectivity index (χ2v) is 11.5. The lowest BCUT2D eigenvalue weighted by Gasteiger charge is -2.22. The van der Waals surface area contributed by atoms with E-state index in [1.54, 1.807) is 32.0 Å². The monoisotopic (exact) mass is 686 g/mol. The van der Waals surface area contributed by atoms with E-state index in [2.05, 4.69) is 31.1 Å². The van der Waals surface area contributed by atoms with Crippen LogP contribution in [0.2, 0.25) is 0 Å². The number of Topliss-reactive ketones (excluding diaryl/α,β-unsaturated/α-hetero) is 1. The van der Waals surface area contributed by atoms with E-state index in [0.717, 1.165) is 17.9 Å². The number of methoxy groups -OCH3 is 1. The van der Waals surface area contributed by atoms with Gasteiger partial charge in [-0.3, -0.25) is 24.2 Å². The molecular formula is C35H42N8O7. The summed E-state index contributed by atoms with van der Waals surface area (Å²) in [5, 5.41) is 12.1. The number of anilines is 1. The first-order valence-electron chi connectivity index (χ1n) is 16.0. The van der Waals surface area contributed by atoms with Crippen LogP contribution >= 0.6 is 0 Å². The summed E-state index contributed by atoms with van der Waals surface area (Å²) in [7, 11) is 1.16. The number of aliphatic imine (C=N–C) groups is 2. The number of nitrogens with one attached hydrogen (secondary N) is 3. The van der Waals surface area contributed by atoms with Gasteiger partial charge < -0.3 is 32.2 Å². The maximum atomic E-state index is 13.6. The minimum absolute atomic E-state index is 0.0624. The molecule has 0 spiro atoms. The first-order chi connectivity index (χ1) is 23.9. The Bertz CT molecular complexity index is 1790. The summed E-state index contributed by atoms with van der Waals surface area (Å²) in [5.41, 5.74) is 11.9. The molecule has 15 nitrogen and oxygen atoms in total. The van der Waals surface area contributed by atoms with E-state index >= 15 is 0 Å². The number of nitrogens with two attached hydrogens (primary N) is 2. The number of guanidine groups is 1. The number of carbonyl (C=O) groups is 5. The van der Waals surface area contributed by atoms with Crippen molar-refractivity contribution in [3.63, 3.8) is 0 Å². The molecule has 0 aliphatic heterocycles. The molecule has 15 heteroatoms. The normalized spacial score (nSPS) is 12.8. The van der Waals surface area contributed by atoms with Gasteiger partial charge >= 0.3 is 5.97 Å². The topological polar surface area (TPSA) is 237 Å². The Morgan fingerprint density at radius 3 is 2.22 bits per heavy atom. The standard InChI is InChI=1S/C35H42N8O7/c1-21-13-16-27(40-31(45)25-15-14-23-9-4-5-10-24(23)20-25)26(19-21)30(44)33(47)41-28(11-6-7-17-38-22(2)36)32(46)42-29(34(48)50-3)12-8-18-39-35(37)43-49/h4-5,9-10,13-16,19-20,28-29H,6-8,11-12,17-18H2,1-3H3,(H2,36,38)(H2,37,39)(H,40,45)(H,41,47)(H,42,46). The van der Waals surface area contributed by atoms with E-state index < -0.39 is 47.5 Å². The van der Waals surface area contributed by atoms with Crippen molar-refractivity contribution in [1.82, 2.24) is 10.6 Å². The van der Waals surface area contributed by atoms with Crippen LogP contribution < -0.4 is 27.4 Å². The zero-order valence-corrected chi connectivity index (χ0v) is 28.2. The summed E-state index contributed by atoms with van der Waals surface area (Å²) >= 11 is 0. The van der Waals surface area contributed by atoms with E-state index in [1.165, 1.54) is 12.1 Å². The van der Waals surface area contributed by atoms with Crippen LogP contribution in [0, 0.1) is 11.8 Å². The van der Waals surface area contributed by atoms with E-state index in [-0.39, 0.29) is 37.1 Å². The summed E-state index contributed by atoms with van der Waals surface area (Å²) in [5.74, 6) is -4.07. The lowest BCUT2D eigenvalue weighted by atomic mass is 10.0. The number of carbonyl (C=O) groups excluding carboxylic acids is 5. The van der Waals surface area contributed by atoms with Crippen molar-refractivity contribution >= 4 is 57.7 Å². The van der Waals surface area contributed by atoms with Crippen LogP contribution in [0.4, 0.5) is 5.69 Å². The Balaban J connectivity index is 1.80. The Morgan fingerprint density at radius 2 is 1.52 bits per heavy atom. The molecule has 0 fully saturated rings. The molecule has 0 bridgehead atoms. The summed E-state index contributed by atoms with van der Waals surface area (Å²) < 4.78 is 4.83. The van der Waals surface area contributed by atoms with Gasteiger partial charge in [0, 0.05) is 23.8 Å². The number of ether oxygens (including phenoxy) is 1. The van der Waals surface area contributed by atoms with Crippen molar-refractivity contribution < 1.29 is 28.7 Å². The fourth-order valence-electron chi connectivity index (χ4n) is 4.99. The number of hydrogen-bond donors (Lipinski definition) is 5. The minimum atomic E-state index is -1.23. The second-order valence-electron chi connectivity index (χ2n) is 11.5. The molecule has 0 aliphatic carbocycles. The summed E-state index contributed by atoms with van der Waals surface area (Å²) in [6.07, 6.45) is 1.35. The molecule has 3 aromatic carbocycles. The molecule has 0 saturated heterocycles. The number of rotatable bonds is 17. The summed E-state index contributed by atoms with van der Waals surface area (Å²) in [6, 6.07) is 15.1. The first-order valence-corrected chi connectivity index (χ1v) is 16.0. The Hall–Kier alpha value is -5.99. The maximum Gasteiger partial charge on any atom is 0.328 e. The average Bonchev–Trinajstić information content (AvgIpc) is 3.11. The highest BCUT2D eigenvalue weighted by Crippen LogP contribution is 2.21. The second kappa shape index (κ2) is 19.1. The molecule has 0 radical (unpaired) electrons. The molecule has 50 heavy (non-hydrogen) atoms. The van der Waals surface area contributed by atoms with Gasteiger partial charge in [-0.05, 0) is 81.0 Å². The van der Waals surface area contributed by atoms with Crippen molar-refractivity contribution in [2.24, 2.45) is 26.6 Å². The van der Waals surface area contributed by atoms with Gasteiger partial charge in [-0.1, -0.05) is 42.0 Å². The number of hydrogen-bond acceptors (Lipinski definition) is 9. The molecule has 0 aromatic heterocycles. The Morgan fingerprint density at radius 1 is 0.820 bits per heavy atom. The quantitative estimate of drug-likeness (QED) is 0.0266. The minimum Gasteiger partial charge on any atom is -0.467 e. The summed E-state index contributed by atoms with van der Waals surface area (Å²) in [6.45, 7) is 3.82. The highest BCUT2D eigenvalue weighted by atomic mass is 16.5. The zero-order chi connectivity index (χ0) is 36.6. The predicted octanol–water partition coefficient (Wildman–Crippen LogP) is 3.13. The molecule has 3 aromatic rings. The number of ketones is 1. The van der Waals surface area contributed by atoms with Crippen LogP contribution in [0.15, 0.2) is 75.8 Å². The molecule has 3 amide bonds. The van der Waals surface area contributed by atoms with E-state index in [9.17, 15) is 28.9 Å². The predicted molar refractivity (Wildman–Crippen MR) is 191 cm³/mol. The molecular weight excluding hydrogens is 644 g/mol. The number of nitroso groups, excluding NO2 is 1. The van der Waals surface area contributed by atoms with Crippen LogP contribution in [0.1, 0.15) is 65.3 Å². The fraction of sp³-hybridized carbons (Fsp3) is 0.343. The van der Waals surface area contributed by atoms with Gasteiger partial charge in [-0.25, -0.2) is 9.79 Å². The highest BCUT2D eigenvalue weighted by molar-refractivity contribution is 6.44. The molecule has 0 saturated carbocycles. The molecule has 0 aliphatic rings. The van der Waals surface area contributed by atoms with Crippen molar-refractivity contribution in [2.75, 3.05) is 25.5 Å². The smallest absolute Gasteiger partial charge is 0.328 e. The summed E-state index contributed by atoms with van der Waals surface area (Å²) in [4.78, 5) is 84.6. The lowest BCUT2D eigenvalue weighted by molar-refractivity contribution is -0.145. The van der Waals surface area contributed by atoms with Crippen LogP contribution in [0.25, 0.3) is 10.8 Å². The van der Waals surface area contributed by atoms with Crippen molar-refractivity contribution in [3.05, 3.63) is 82.3 Å². The van der Waals surface area contributed by atoms with Gasteiger partial charge in [-0.2, -0.15) is 0 Å². The van der Waals surface area contributed by atoms with Gasteiger partial charge in [0.15, 0.2) is 0 Å². The van der Waals surface area contributed by atoms with Crippen molar-refractivity contribution in [3.8, 4) is 0 Å². The van der Waals surface area contributed by atoms with Crippen molar-refractivity contribution in [1.29, 1.82) is 0 Å². The molecule has 7 N–H and O–H groups in total. The third kappa shape index (κ3) is 11.6. The number of unbranched alkanes of at least 4 members (excludes halogenated alkanes) is 1. The molecule has 2 atom stereocenters. The molecule has 0 heterocycles. The third-order valence-corrected chi connectivity index (χ3v) is 7.59. The van der Waals surface area contributed by atoms with Gasteiger partial charge in [0.05, 0.1) is 24.2 Å². The van der Waals surface area contributed by atoms with E-state index in [4.69, 9.17) is 16.2 Å². The largest absolute Gasteiger partial charge is 0.467 e. The van der Waals surface area contributed by atoms with E-state index in [1.807, 2.05) is 30.3 Å². The number of aryl methyl sites for hydroxylation is 1. The van der Waals surface area contributed by atoms with Crippen LogP contribution in [0.3, 0.4) is 0 Å². The van der Waals surface area contributed by atoms with Gasteiger partial charge in [-0.15, -0.1) is 4.91 Å². The number of amidine groups is 1. The molecule has 2 unspecified atom stereocenters. The fourth-order valence-corrected chi connectivity index (χ4v) is 4.99. The molecule has 264 valence electrons.